The number of carbonyl (C=O) groups excluding carboxylic acids is 23. The van der Waals surface area contributed by atoms with Gasteiger partial charge in [0, 0.05) is 35.7 Å². The highest BCUT2D eigenvalue weighted by atomic mass is 32.2. The van der Waals surface area contributed by atoms with Crippen molar-refractivity contribution in [2.75, 3.05) is 75.6 Å². The number of hydrogen-bond donors (Lipinski definition) is 29. The summed E-state index contributed by atoms with van der Waals surface area (Å²) >= 11 is 4.30. The predicted molar refractivity (Wildman–Crippen MR) is 540 cm³/mol. The number of nitrogens with two attached hydrogens (primary N) is 3. The number of carbonyl (C=O) groups is 24. The molecule has 826 valence electrons. The normalized spacial score (nSPS) is 16.9. The molecular formula is C90H152N28O26S3. The highest BCUT2D eigenvalue weighted by molar-refractivity contribution is 8.00. The first-order valence-corrected chi connectivity index (χ1v) is 52.5. The maximum Gasteiger partial charge on any atom is 0.322 e. The minimum atomic E-state index is -1.83. The molecule has 0 saturated carbocycles. The molecule has 57 heteroatoms. The van der Waals surface area contributed by atoms with Gasteiger partial charge in [-0.05, 0) is 174 Å². The van der Waals surface area contributed by atoms with Crippen LogP contribution in [0.4, 0.5) is 4.79 Å². The van der Waals surface area contributed by atoms with Crippen LogP contribution < -0.4 is 139 Å². The van der Waals surface area contributed by atoms with Crippen molar-refractivity contribution in [1.29, 1.82) is 0 Å². The number of aliphatic carboxylic acids is 1. The zero-order valence-electron chi connectivity index (χ0n) is 85.7. The standard InChI is InChI=1S/C90H152N28O26S3/c1-43(2)32-58(80(134)99-40-69(126)127)108-68(125)37-95-65(122)36-98-87(141)70(44(3)4)116-88(142)71(45(5)6)115-79(133)49(10)102-67(124)39-96-74(128)46(7)103-77(131)50(11)105-78(132)51(12)104-76(130)48(9)101-66(123)38-97-75(129)47(8)106-81(135)56(26-30-145-14)110-85(139)59(33-53-35-94-42-100-53)112-82(136)55(23-19-21-29-92)109-83(137)57(27-31-146-15)111-86(140)60(34-63(93)120)113-89(143)72(52(13)119)117-84(138)54(22-18-20-28-91)107-64(121)25-17-16-24-62-73-61(41-147-62)114-90(144)118-73/h35,42-52,54-62,70-73,119H,16-34,36-41,91-92H2,1-15H3,(H2,93,120)(H,94,100)(H,95,122)(H,96,128)(H,97,129)(H,98,141)(H,99,134)(H,101,123)(H,102,124)(H,103,131)(H,104,130)(H,105,132)(H,106,135)(H,107,121)(H,108,125)(H,109,137)(H,110,139)(H,111,140)(H,112,136)(H,113,143)(H,115,133)(H,116,142)(H,117,138)(H,126,127)(H2,114,118,144)/t46-,47-,48-,49-,50-,51-,52+,54-,55-,56-,57-,58-,59-,60-,61-,62-,70-,71-,72-,73-/m0/s1. The van der Waals surface area contributed by atoms with Crippen LogP contribution in [0.3, 0.4) is 0 Å². The smallest absolute Gasteiger partial charge is 0.322 e. The second kappa shape index (κ2) is 67.2. The van der Waals surface area contributed by atoms with E-state index in [-0.39, 0.29) is 105 Å². The number of carboxylic acid groups (broad SMARTS) is 1. The number of fused-ring (bicyclic) bond motifs is 1. The third-order valence-electron chi connectivity index (χ3n) is 23.0. The summed E-state index contributed by atoms with van der Waals surface area (Å²) in [6.07, 6.45) is 6.65. The van der Waals surface area contributed by atoms with E-state index in [1.165, 1.54) is 84.5 Å². The van der Waals surface area contributed by atoms with Crippen LogP contribution in [0, 0.1) is 17.8 Å². The number of nitrogens with one attached hydrogen (secondary N) is 24. The summed E-state index contributed by atoms with van der Waals surface area (Å²) in [6.45, 7) is 15.7. The molecule has 20 atom stereocenters. The summed E-state index contributed by atoms with van der Waals surface area (Å²) in [7, 11) is 0. The molecular weight excluding hydrogens is 1990 g/mol. The lowest BCUT2D eigenvalue weighted by molar-refractivity contribution is -0.138. The topological polar surface area (TPSA) is 834 Å². The van der Waals surface area contributed by atoms with E-state index in [9.17, 15) is 120 Å². The predicted octanol–water partition coefficient (Wildman–Crippen LogP) is -9.40. The molecule has 0 aromatic carbocycles. The third-order valence-corrected chi connectivity index (χ3v) is 25.8. The molecule has 3 heterocycles. The van der Waals surface area contributed by atoms with Crippen LogP contribution in [0.25, 0.3) is 0 Å². The third kappa shape index (κ3) is 48.6. The van der Waals surface area contributed by atoms with Crippen molar-refractivity contribution in [2.45, 2.75) is 306 Å². The van der Waals surface area contributed by atoms with Crippen LogP contribution >= 0.6 is 35.3 Å². The summed E-state index contributed by atoms with van der Waals surface area (Å²) in [5.74, 6) is -20.8. The first kappa shape index (κ1) is 128. The SMILES string of the molecule is CSCC[C@H](NC(=O)[C@H](Cc1cnc[nH]1)NC(=O)[C@H](CCCCN)NC(=O)[C@H](CCSC)NC(=O)[C@H](CC(N)=O)NC(=O)[C@@H](NC(=O)[C@H](CCCCN)NC(=O)CCCC[C@@H]1SC[C@@H]2NC(=O)N[C@@H]21)[C@@H](C)O)C(=O)N[C@@H](C)C(=O)NCC(=O)N[C@@H](C)C(=O)N[C@@H](C)C(=O)N[C@@H](C)C(=O)N[C@@H](C)C(=O)NCC(=O)N[C@@H](C)C(=O)N[C@H](C(=O)N[C@H](C(=O)NCC(=O)NCC(=O)N[C@@H](CC(C)C)C(=O)NCC(=O)O)C(C)C)C(C)C. The number of aliphatic hydroxyl groups is 1. The summed E-state index contributed by atoms with van der Waals surface area (Å²) < 4.78 is 0. The first-order chi connectivity index (χ1) is 69.2. The number of urea groups is 1. The van der Waals surface area contributed by atoms with E-state index in [0.717, 1.165) is 12.2 Å². The molecule has 24 amide bonds. The van der Waals surface area contributed by atoms with Crippen LogP contribution in [-0.4, -0.2) is 358 Å². The summed E-state index contributed by atoms with van der Waals surface area (Å²) in [5.41, 5.74) is 17.5. The molecule has 3 rings (SSSR count). The fourth-order valence-corrected chi connectivity index (χ4v) is 17.1. The molecule has 0 spiro atoms. The lowest BCUT2D eigenvalue weighted by Gasteiger charge is -2.28. The van der Waals surface area contributed by atoms with Crippen molar-refractivity contribution >= 4 is 177 Å². The lowest BCUT2D eigenvalue weighted by atomic mass is 9.99. The van der Waals surface area contributed by atoms with Crippen LogP contribution in [-0.2, 0) is 117 Å². The summed E-state index contributed by atoms with van der Waals surface area (Å²) in [5, 5.41) is 77.2. The van der Waals surface area contributed by atoms with Gasteiger partial charge in [-0.1, -0.05) is 48.0 Å². The van der Waals surface area contributed by atoms with Crippen molar-refractivity contribution in [3.8, 4) is 0 Å². The number of hydrogen-bond acceptors (Lipinski definition) is 31. The van der Waals surface area contributed by atoms with E-state index in [1.54, 1.807) is 65.8 Å². The Balaban J connectivity index is 1.57. The van der Waals surface area contributed by atoms with Crippen molar-refractivity contribution < 1.29 is 125 Å². The fraction of sp³-hybridized carbons (Fsp3) is 0.700. The van der Waals surface area contributed by atoms with Gasteiger partial charge < -0.3 is 155 Å². The highest BCUT2D eigenvalue weighted by Gasteiger charge is 2.44. The number of H-pyrrole nitrogens is 1. The number of aliphatic hydroxyl groups excluding tert-OH is 1. The minimum absolute atomic E-state index is 0.0195. The van der Waals surface area contributed by atoms with Gasteiger partial charge in [-0.15, -0.1) is 0 Å². The second-order valence-electron chi connectivity index (χ2n) is 36.9. The Hall–Kier alpha value is -12.8. The maximum absolute atomic E-state index is 14.7. The van der Waals surface area contributed by atoms with Gasteiger partial charge in [-0.3, -0.25) is 110 Å². The number of aromatic nitrogens is 2. The van der Waals surface area contributed by atoms with Gasteiger partial charge in [0.2, 0.25) is 130 Å². The van der Waals surface area contributed by atoms with Gasteiger partial charge in [0.15, 0.2) is 0 Å². The molecule has 0 radical (unpaired) electrons. The molecule has 2 saturated heterocycles. The molecule has 0 bridgehead atoms. The number of thioether (sulfide) groups is 3. The number of unbranched alkanes of at least 4 members (excludes halogenated alkanes) is 3. The minimum Gasteiger partial charge on any atom is -0.480 e. The molecule has 32 N–H and O–H groups in total. The number of rotatable bonds is 70. The van der Waals surface area contributed by atoms with Crippen LogP contribution in [0.2, 0.25) is 0 Å². The number of primary amides is 1. The van der Waals surface area contributed by atoms with Gasteiger partial charge in [0.25, 0.3) is 0 Å². The molecule has 0 aliphatic carbocycles. The van der Waals surface area contributed by atoms with Crippen LogP contribution in [0.15, 0.2) is 12.5 Å². The largest absolute Gasteiger partial charge is 0.480 e. The molecule has 1 aromatic heterocycles. The zero-order chi connectivity index (χ0) is 111. The monoisotopic (exact) mass is 2140 g/mol. The number of nitrogens with zero attached hydrogens (tertiary/aromatic N) is 1. The molecule has 2 aliphatic rings. The van der Waals surface area contributed by atoms with Gasteiger partial charge in [-0.25, -0.2) is 9.78 Å². The highest BCUT2D eigenvalue weighted by Crippen LogP contribution is 2.33. The number of amides is 24. The number of carboxylic acids is 1. The van der Waals surface area contributed by atoms with Gasteiger partial charge in [0.1, 0.15) is 103 Å². The second-order valence-corrected chi connectivity index (χ2v) is 40.1. The summed E-state index contributed by atoms with van der Waals surface area (Å²) in [4.78, 5) is 326. The van der Waals surface area contributed by atoms with Gasteiger partial charge in [0.05, 0.1) is 57.1 Å². The average molecular weight is 2140 g/mol. The quantitative estimate of drug-likeness (QED) is 0.0213. The number of aromatic amines is 1. The van der Waals surface area contributed by atoms with Crippen molar-refractivity contribution in [2.24, 2.45) is 35.0 Å². The van der Waals surface area contributed by atoms with E-state index in [1.807, 2.05) is 0 Å². The van der Waals surface area contributed by atoms with Crippen LogP contribution in [0.5, 0.6) is 0 Å². The van der Waals surface area contributed by atoms with Gasteiger partial charge >= 0.3 is 12.0 Å². The molecule has 54 nitrogen and oxygen atoms in total. The Morgan fingerprint density at radius 1 is 0.401 bits per heavy atom. The zero-order valence-corrected chi connectivity index (χ0v) is 88.2. The molecule has 0 unspecified atom stereocenters. The fourth-order valence-electron chi connectivity index (χ4n) is 14.6. The van der Waals surface area contributed by atoms with E-state index in [2.05, 4.69) is 132 Å². The Morgan fingerprint density at radius 3 is 1.27 bits per heavy atom. The Morgan fingerprint density at radius 2 is 0.789 bits per heavy atom. The molecule has 2 fully saturated rings. The first-order valence-electron chi connectivity index (χ1n) is 48.7. The van der Waals surface area contributed by atoms with E-state index < -0.39 is 290 Å². The van der Waals surface area contributed by atoms with E-state index >= 15 is 0 Å². The van der Waals surface area contributed by atoms with Crippen molar-refractivity contribution in [3.05, 3.63) is 18.2 Å². The van der Waals surface area contributed by atoms with Crippen molar-refractivity contribution in [1.82, 2.24) is 132 Å². The molecule has 147 heavy (non-hydrogen) atoms. The van der Waals surface area contributed by atoms with E-state index in [0.29, 0.717) is 37.8 Å². The Kier molecular flexibility index (Phi) is 58.7. The average Bonchev–Trinajstić information content (AvgIpc) is 1.66. The van der Waals surface area contributed by atoms with Crippen molar-refractivity contribution in [3.63, 3.8) is 0 Å². The Labute approximate surface area is 865 Å². The molecule has 1 aromatic rings. The van der Waals surface area contributed by atoms with Crippen LogP contribution in [0.1, 0.15) is 186 Å². The summed E-state index contributed by atoms with van der Waals surface area (Å²) in [6, 6.07) is -22.6. The van der Waals surface area contributed by atoms with Gasteiger partial charge in [-0.2, -0.15) is 35.3 Å². The van der Waals surface area contributed by atoms with E-state index in [4.69, 9.17) is 22.3 Å². The number of imidazole rings is 1. The maximum atomic E-state index is 14.7. The lowest BCUT2D eigenvalue weighted by Crippen LogP contribution is -2.62. The Bertz CT molecular complexity index is 4640. The molecule has 2 aliphatic heterocycles.